The van der Waals surface area contributed by atoms with E-state index in [-0.39, 0.29) is 5.41 Å². The van der Waals surface area contributed by atoms with Crippen molar-refractivity contribution < 1.29 is 17.6 Å². The van der Waals surface area contributed by atoms with Gasteiger partial charge in [0.1, 0.15) is 11.4 Å². The standard InChI is InChI=1S/C27H23F3N2O/c1-14-13-33-24-18-10-11-19-17(5-4-12-26(19,2)3)21(18)23-22(20(14)24)31-25(32-23)15-6-8-16(9-7-15)27(28,29)30/h6-11,13H,4-5,12H2,1-3H3,(H,31,32). The van der Waals surface area contributed by atoms with Crippen molar-refractivity contribution >= 4 is 32.8 Å². The fraction of sp³-hybridized carbons (Fsp3) is 0.296. The summed E-state index contributed by atoms with van der Waals surface area (Å²) in [6.45, 7) is 6.56. The van der Waals surface area contributed by atoms with Crippen LogP contribution in [0.25, 0.3) is 44.2 Å². The Bertz CT molecular complexity index is 1550. The molecule has 0 bridgehead atoms. The first-order valence-electron chi connectivity index (χ1n) is 11.2. The van der Waals surface area contributed by atoms with Crippen LogP contribution < -0.4 is 0 Å². The molecular formula is C27H23F3N2O. The Morgan fingerprint density at radius 3 is 2.52 bits per heavy atom. The molecule has 0 radical (unpaired) electrons. The number of benzene rings is 3. The first-order valence-corrected chi connectivity index (χ1v) is 11.2. The first kappa shape index (κ1) is 20.3. The summed E-state index contributed by atoms with van der Waals surface area (Å²) in [7, 11) is 0. The topological polar surface area (TPSA) is 41.8 Å². The lowest BCUT2D eigenvalue weighted by atomic mass is 9.71. The van der Waals surface area contributed by atoms with E-state index in [1.807, 2.05) is 6.92 Å². The zero-order valence-electron chi connectivity index (χ0n) is 18.7. The van der Waals surface area contributed by atoms with Crippen LogP contribution >= 0.6 is 0 Å². The lowest BCUT2D eigenvalue weighted by Crippen LogP contribution is -2.23. The number of fused-ring (bicyclic) bond motifs is 8. The Morgan fingerprint density at radius 2 is 1.79 bits per heavy atom. The third kappa shape index (κ3) is 2.93. The predicted octanol–water partition coefficient (Wildman–Crippen LogP) is 8.07. The number of aryl methyl sites for hydroxylation is 2. The lowest BCUT2D eigenvalue weighted by molar-refractivity contribution is -0.137. The van der Waals surface area contributed by atoms with Crippen LogP contribution in [0.5, 0.6) is 0 Å². The third-order valence-corrected chi connectivity index (χ3v) is 7.17. The maximum absolute atomic E-state index is 13.0. The quantitative estimate of drug-likeness (QED) is 0.282. The van der Waals surface area contributed by atoms with Crippen molar-refractivity contribution in [3.63, 3.8) is 0 Å². The molecule has 5 aromatic rings. The second-order valence-corrected chi connectivity index (χ2v) is 9.76. The number of nitrogens with zero attached hydrogens (tertiary/aromatic N) is 1. The van der Waals surface area contributed by atoms with Gasteiger partial charge in [-0.25, -0.2) is 4.98 Å². The molecule has 0 spiro atoms. The van der Waals surface area contributed by atoms with E-state index < -0.39 is 11.7 Å². The van der Waals surface area contributed by atoms with Gasteiger partial charge in [0.25, 0.3) is 0 Å². The van der Waals surface area contributed by atoms with Gasteiger partial charge in [-0.05, 0) is 60.4 Å². The predicted molar refractivity (Wildman–Crippen MR) is 125 cm³/mol. The normalized spacial score (nSPS) is 16.1. The summed E-state index contributed by atoms with van der Waals surface area (Å²) in [4.78, 5) is 8.36. The van der Waals surface area contributed by atoms with Gasteiger partial charge in [0.05, 0.1) is 22.9 Å². The van der Waals surface area contributed by atoms with E-state index in [2.05, 4.69) is 31.0 Å². The number of furan rings is 1. The molecule has 1 N–H and O–H groups in total. The van der Waals surface area contributed by atoms with Gasteiger partial charge in [-0.3, -0.25) is 0 Å². The minimum absolute atomic E-state index is 0.0781. The zero-order chi connectivity index (χ0) is 23.1. The molecule has 0 saturated heterocycles. The van der Waals surface area contributed by atoms with Crippen LogP contribution in [0.3, 0.4) is 0 Å². The molecular weight excluding hydrogens is 425 g/mol. The van der Waals surface area contributed by atoms with E-state index in [4.69, 9.17) is 9.40 Å². The van der Waals surface area contributed by atoms with E-state index in [0.717, 1.165) is 69.7 Å². The van der Waals surface area contributed by atoms with Gasteiger partial charge in [0.15, 0.2) is 0 Å². The maximum Gasteiger partial charge on any atom is 0.416 e. The highest BCUT2D eigenvalue weighted by atomic mass is 19.4. The average Bonchev–Trinajstić information content (AvgIpc) is 3.37. The molecule has 0 fully saturated rings. The van der Waals surface area contributed by atoms with E-state index in [1.165, 1.54) is 23.3 Å². The van der Waals surface area contributed by atoms with Crippen LogP contribution in [0, 0.1) is 6.92 Å². The highest BCUT2D eigenvalue weighted by Gasteiger charge is 2.31. The summed E-state index contributed by atoms with van der Waals surface area (Å²) in [5, 5.41) is 3.09. The van der Waals surface area contributed by atoms with Gasteiger partial charge in [-0.15, -0.1) is 0 Å². The fourth-order valence-electron chi connectivity index (χ4n) is 5.48. The summed E-state index contributed by atoms with van der Waals surface area (Å²) in [6, 6.07) is 9.51. The number of hydrogen-bond acceptors (Lipinski definition) is 2. The summed E-state index contributed by atoms with van der Waals surface area (Å²) in [6.07, 6.45) is 0.596. The van der Waals surface area contributed by atoms with Crippen LogP contribution in [0.15, 0.2) is 47.1 Å². The van der Waals surface area contributed by atoms with Gasteiger partial charge < -0.3 is 9.40 Å². The van der Waals surface area contributed by atoms with Crippen molar-refractivity contribution in [2.45, 2.75) is 51.6 Å². The number of halogens is 3. The summed E-state index contributed by atoms with van der Waals surface area (Å²) in [5.41, 5.74) is 6.21. The Morgan fingerprint density at radius 1 is 1.03 bits per heavy atom. The summed E-state index contributed by atoms with van der Waals surface area (Å²) in [5.74, 6) is 0.556. The minimum atomic E-state index is -4.37. The van der Waals surface area contributed by atoms with E-state index in [1.54, 1.807) is 6.26 Å². The second kappa shape index (κ2) is 6.62. The Labute approximate surface area is 188 Å². The molecule has 3 aromatic carbocycles. The molecule has 2 heterocycles. The number of imidazole rings is 1. The van der Waals surface area contributed by atoms with E-state index >= 15 is 0 Å². The Hall–Kier alpha value is -3.28. The lowest BCUT2D eigenvalue weighted by Gasteiger charge is -2.33. The van der Waals surface area contributed by atoms with Crippen molar-refractivity contribution in [1.82, 2.24) is 9.97 Å². The molecule has 2 aromatic heterocycles. The summed E-state index contributed by atoms with van der Waals surface area (Å²) >= 11 is 0. The number of nitrogens with one attached hydrogen (secondary N) is 1. The molecule has 6 rings (SSSR count). The third-order valence-electron chi connectivity index (χ3n) is 7.17. The molecule has 1 aliphatic rings. The first-order chi connectivity index (χ1) is 15.6. The van der Waals surface area contributed by atoms with Crippen molar-refractivity contribution in [1.29, 1.82) is 0 Å². The molecule has 33 heavy (non-hydrogen) atoms. The second-order valence-electron chi connectivity index (χ2n) is 9.76. The number of rotatable bonds is 1. The molecule has 1 aliphatic carbocycles. The van der Waals surface area contributed by atoms with Crippen LogP contribution in [0.2, 0.25) is 0 Å². The van der Waals surface area contributed by atoms with Crippen molar-refractivity contribution in [3.05, 3.63) is 64.9 Å². The molecule has 0 saturated carbocycles. The van der Waals surface area contributed by atoms with Gasteiger partial charge in [-0.1, -0.05) is 38.1 Å². The van der Waals surface area contributed by atoms with Crippen molar-refractivity contribution in [3.8, 4) is 11.4 Å². The number of H-pyrrole nitrogens is 1. The molecule has 168 valence electrons. The van der Waals surface area contributed by atoms with Gasteiger partial charge >= 0.3 is 6.18 Å². The average molecular weight is 448 g/mol. The fourth-order valence-corrected chi connectivity index (χ4v) is 5.48. The largest absolute Gasteiger partial charge is 0.463 e. The minimum Gasteiger partial charge on any atom is -0.463 e. The smallest absolute Gasteiger partial charge is 0.416 e. The SMILES string of the molecule is Cc1coc2c3ccc4c(c3c3nc(-c5ccc(C(F)(F)F)cc5)[nH]c3c12)CCCC4(C)C. The van der Waals surface area contributed by atoms with Crippen molar-refractivity contribution in [2.75, 3.05) is 0 Å². The van der Waals surface area contributed by atoms with Gasteiger partial charge in [-0.2, -0.15) is 13.2 Å². The Balaban J connectivity index is 1.68. The number of aromatic nitrogens is 2. The van der Waals surface area contributed by atoms with Crippen molar-refractivity contribution in [2.24, 2.45) is 0 Å². The highest BCUT2D eigenvalue weighted by Crippen LogP contribution is 2.45. The van der Waals surface area contributed by atoms with E-state index in [9.17, 15) is 13.2 Å². The van der Waals surface area contributed by atoms with Gasteiger partial charge in [0.2, 0.25) is 0 Å². The molecule has 0 amide bonds. The van der Waals surface area contributed by atoms with Crippen LogP contribution in [0.1, 0.15) is 48.9 Å². The zero-order valence-corrected chi connectivity index (χ0v) is 18.7. The molecule has 0 atom stereocenters. The van der Waals surface area contributed by atoms with Crippen LogP contribution in [-0.2, 0) is 18.0 Å². The molecule has 0 aliphatic heterocycles. The molecule has 3 nitrogen and oxygen atoms in total. The van der Waals surface area contributed by atoms with Crippen LogP contribution in [0.4, 0.5) is 13.2 Å². The van der Waals surface area contributed by atoms with Gasteiger partial charge in [0, 0.05) is 21.7 Å². The molecule has 6 heteroatoms. The summed E-state index contributed by atoms with van der Waals surface area (Å²) < 4.78 is 45.1. The highest BCUT2D eigenvalue weighted by molar-refractivity contribution is 6.23. The monoisotopic (exact) mass is 448 g/mol. The Kier molecular flexibility index (Phi) is 4.08. The van der Waals surface area contributed by atoms with E-state index in [0.29, 0.717) is 11.4 Å². The van der Waals surface area contributed by atoms with Crippen LogP contribution in [-0.4, -0.2) is 9.97 Å². The number of aromatic amines is 1. The number of alkyl halides is 3. The number of hydrogen-bond donors (Lipinski definition) is 1. The molecule has 0 unspecified atom stereocenters. The maximum atomic E-state index is 13.0.